The van der Waals surface area contributed by atoms with Gasteiger partial charge >= 0.3 is 0 Å². The van der Waals surface area contributed by atoms with Crippen molar-refractivity contribution in [3.05, 3.63) is 66.2 Å². The number of carbonyl (C=O) groups excluding carboxylic acids is 1. The number of hydrogen-bond acceptors (Lipinski definition) is 4. The van der Waals surface area contributed by atoms with Crippen LogP contribution in [0.4, 0.5) is 0 Å². The minimum absolute atomic E-state index is 0.184. The topological polar surface area (TPSA) is 66.5 Å². The van der Waals surface area contributed by atoms with Crippen LogP contribution in [-0.4, -0.2) is 44.5 Å². The second-order valence-corrected chi connectivity index (χ2v) is 8.61. The fourth-order valence-electron chi connectivity index (χ4n) is 2.14. The Labute approximate surface area is 153 Å². The van der Waals surface area contributed by atoms with Gasteiger partial charge in [-0.25, -0.2) is 8.42 Å². The number of hydrogen-bond donors (Lipinski definition) is 1. The Bertz CT molecular complexity index is 765. The number of amides is 1. The van der Waals surface area contributed by atoms with Crippen LogP contribution in [0.15, 0.2) is 65.6 Å². The molecule has 0 atom stereocenters. The highest BCUT2D eigenvalue weighted by atomic mass is 32.2. The van der Waals surface area contributed by atoms with Gasteiger partial charge < -0.3 is 5.32 Å². The van der Waals surface area contributed by atoms with Crippen molar-refractivity contribution in [3.8, 4) is 0 Å². The third kappa shape index (κ3) is 6.19. The lowest BCUT2D eigenvalue weighted by Gasteiger charge is -2.16. The number of benzene rings is 2. The van der Waals surface area contributed by atoms with Gasteiger partial charge in [0.05, 0.1) is 11.4 Å². The van der Waals surface area contributed by atoms with Gasteiger partial charge in [-0.3, -0.25) is 4.79 Å². The van der Waals surface area contributed by atoms with E-state index in [0.717, 1.165) is 15.8 Å². The highest BCUT2D eigenvalue weighted by Gasteiger charge is 2.22. The SMILES string of the molecule is CN(CC(=O)NCCSCc1ccccc1)S(=O)(=O)c1ccccc1. The van der Waals surface area contributed by atoms with Gasteiger partial charge in [0.2, 0.25) is 15.9 Å². The van der Waals surface area contributed by atoms with Gasteiger partial charge in [0.25, 0.3) is 0 Å². The molecule has 0 fully saturated rings. The molecule has 7 heteroatoms. The molecule has 0 bridgehead atoms. The van der Waals surface area contributed by atoms with Crippen LogP contribution in [-0.2, 0) is 20.6 Å². The van der Waals surface area contributed by atoms with Gasteiger partial charge in [-0.15, -0.1) is 0 Å². The van der Waals surface area contributed by atoms with E-state index in [-0.39, 0.29) is 17.3 Å². The van der Waals surface area contributed by atoms with Crippen molar-refractivity contribution >= 4 is 27.7 Å². The van der Waals surface area contributed by atoms with E-state index in [0.29, 0.717) is 6.54 Å². The predicted octanol–water partition coefficient (Wildman–Crippen LogP) is 2.36. The van der Waals surface area contributed by atoms with Crippen molar-refractivity contribution in [2.75, 3.05) is 25.9 Å². The number of likely N-dealkylation sites (N-methyl/N-ethyl adjacent to an activating group) is 1. The average molecular weight is 379 g/mol. The maximum atomic E-state index is 12.3. The maximum absolute atomic E-state index is 12.3. The van der Waals surface area contributed by atoms with Crippen LogP contribution < -0.4 is 5.32 Å². The van der Waals surface area contributed by atoms with Gasteiger partial charge in [-0.1, -0.05) is 48.5 Å². The second-order valence-electron chi connectivity index (χ2n) is 5.46. The summed E-state index contributed by atoms with van der Waals surface area (Å²) in [7, 11) is -2.23. The molecule has 1 N–H and O–H groups in total. The normalized spacial score (nSPS) is 11.4. The molecule has 0 heterocycles. The highest BCUT2D eigenvalue weighted by molar-refractivity contribution is 7.98. The zero-order valence-electron chi connectivity index (χ0n) is 14.1. The van der Waals surface area contributed by atoms with Crippen molar-refractivity contribution in [3.63, 3.8) is 0 Å². The first kappa shape index (κ1) is 19.5. The van der Waals surface area contributed by atoms with E-state index in [1.807, 2.05) is 18.2 Å². The lowest BCUT2D eigenvalue weighted by Crippen LogP contribution is -2.39. The van der Waals surface area contributed by atoms with E-state index in [2.05, 4.69) is 17.4 Å². The van der Waals surface area contributed by atoms with E-state index < -0.39 is 10.0 Å². The van der Waals surface area contributed by atoms with Crippen LogP contribution >= 0.6 is 11.8 Å². The molecule has 5 nitrogen and oxygen atoms in total. The molecule has 0 saturated heterocycles. The van der Waals surface area contributed by atoms with Gasteiger partial charge in [0, 0.05) is 25.1 Å². The number of carbonyl (C=O) groups is 1. The Hall–Kier alpha value is -1.83. The molecular formula is C18H22N2O3S2. The van der Waals surface area contributed by atoms with Crippen LogP contribution in [0, 0.1) is 0 Å². The zero-order valence-corrected chi connectivity index (χ0v) is 15.7. The van der Waals surface area contributed by atoms with Gasteiger partial charge in [0.15, 0.2) is 0 Å². The molecule has 0 unspecified atom stereocenters. The molecule has 2 aromatic carbocycles. The van der Waals surface area contributed by atoms with E-state index in [4.69, 9.17) is 0 Å². The van der Waals surface area contributed by atoms with Crippen LogP contribution in [0.3, 0.4) is 0 Å². The summed E-state index contributed by atoms with van der Waals surface area (Å²) in [4.78, 5) is 12.1. The molecule has 0 saturated carbocycles. The second kappa shape index (κ2) is 9.60. The molecule has 0 aliphatic heterocycles. The molecule has 0 aliphatic carbocycles. The molecule has 1 amide bonds. The standard InChI is InChI=1S/C18H22N2O3S2/c1-20(25(22,23)17-10-6-3-7-11-17)14-18(21)19-12-13-24-15-16-8-4-2-5-9-16/h2-11H,12-15H2,1H3,(H,19,21). The van der Waals surface area contributed by atoms with Crippen LogP contribution in [0.25, 0.3) is 0 Å². The summed E-state index contributed by atoms with van der Waals surface area (Å²) >= 11 is 1.72. The van der Waals surface area contributed by atoms with Crippen molar-refractivity contribution in [2.45, 2.75) is 10.6 Å². The number of nitrogens with zero attached hydrogens (tertiary/aromatic N) is 1. The van der Waals surface area contributed by atoms with E-state index in [9.17, 15) is 13.2 Å². The van der Waals surface area contributed by atoms with E-state index in [1.165, 1.54) is 24.7 Å². The minimum Gasteiger partial charge on any atom is -0.354 e. The van der Waals surface area contributed by atoms with Gasteiger partial charge in [-0.2, -0.15) is 16.1 Å². The lowest BCUT2D eigenvalue weighted by molar-refractivity contribution is -0.121. The number of rotatable bonds is 9. The first-order chi connectivity index (χ1) is 12.0. The van der Waals surface area contributed by atoms with Crippen molar-refractivity contribution in [2.24, 2.45) is 0 Å². The summed E-state index contributed by atoms with van der Waals surface area (Å²) in [6.07, 6.45) is 0. The summed E-state index contributed by atoms with van der Waals surface area (Å²) in [5.41, 5.74) is 1.24. The Morgan fingerprint density at radius 1 is 1.04 bits per heavy atom. The fraction of sp³-hybridized carbons (Fsp3) is 0.278. The first-order valence-electron chi connectivity index (χ1n) is 7.90. The molecule has 0 spiro atoms. The monoisotopic (exact) mass is 378 g/mol. The summed E-state index contributed by atoms with van der Waals surface area (Å²) < 4.78 is 25.7. The van der Waals surface area contributed by atoms with Crippen molar-refractivity contribution in [1.82, 2.24) is 9.62 Å². The first-order valence-corrected chi connectivity index (χ1v) is 10.5. The smallest absolute Gasteiger partial charge is 0.243 e. The van der Waals surface area contributed by atoms with E-state index in [1.54, 1.807) is 30.0 Å². The molecular weight excluding hydrogens is 356 g/mol. The largest absolute Gasteiger partial charge is 0.354 e. The van der Waals surface area contributed by atoms with Crippen molar-refractivity contribution in [1.29, 1.82) is 0 Å². The molecule has 2 aromatic rings. The van der Waals surface area contributed by atoms with Crippen LogP contribution in [0.5, 0.6) is 0 Å². The molecule has 2 rings (SSSR count). The highest BCUT2D eigenvalue weighted by Crippen LogP contribution is 2.13. The predicted molar refractivity (Wildman–Crippen MR) is 102 cm³/mol. The van der Waals surface area contributed by atoms with Crippen LogP contribution in [0.2, 0.25) is 0 Å². The zero-order chi connectivity index (χ0) is 18.1. The lowest BCUT2D eigenvalue weighted by atomic mass is 10.2. The molecule has 134 valence electrons. The van der Waals surface area contributed by atoms with Crippen molar-refractivity contribution < 1.29 is 13.2 Å². The van der Waals surface area contributed by atoms with E-state index >= 15 is 0 Å². The Kier molecular flexibility index (Phi) is 7.49. The fourth-order valence-corrected chi connectivity index (χ4v) is 4.11. The number of sulfonamides is 1. The number of nitrogens with one attached hydrogen (secondary N) is 1. The third-order valence-electron chi connectivity index (χ3n) is 3.50. The Morgan fingerprint density at radius 2 is 1.64 bits per heavy atom. The van der Waals surface area contributed by atoms with Gasteiger partial charge in [-0.05, 0) is 17.7 Å². The van der Waals surface area contributed by atoms with Gasteiger partial charge in [0.1, 0.15) is 0 Å². The number of thioether (sulfide) groups is 1. The third-order valence-corrected chi connectivity index (χ3v) is 6.35. The van der Waals surface area contributed by atoms with Crippen LogP contribution in [0.1, 0.15) is 5.56 Å². The Balaban J connectivity index is 1.71. The minimum atomic E-state index is -3.64. The quantitative estimate of drug-likeness (QED) is 0.680. The molecule has 25 heavy (non-hydrogen) atoms. The summed E-state index contributed by atoms with van der Waals surface area (Å²) in [5.74, 6) is 1.36. The molecule has 0 radical (unpaired) electrons. The average Bonchev–Trinajstić information content (AvgIpc) is 2.63. The molecule has 0 aliphatic rings. The summed E-state index contributed by atoms with van der Waals surface area (Å²) in [5, 5.41) is 2.76. The maximum Gasteiger partial charge on any atom is 0.243 e. The Morgan fingerprint density at radius 3 is 2.28 bits per heavy atom. The molecule has 0 aromatic heterocycles. The summed E-state index contributed by atoms with van der Waals surface area (Å²) in [6, 6.07) is 18.2. The summed E-state index contributed by atoms with van der Waals surface area (Å²) in [6.45, 7) is 0.316.